The zero-order valence-corrected chi connectivity index (χ0v) is 13.0. The fraction of sp³-hybridized carbons (Fsp3) is 0.467. The molecule has 0 spiro atoms. The Morgan fingerprint density at radius 2 is 2.09 bits per heavy atom. The van der Waals surface area contributed by atoms with Gasteiger partial charge in [0.2, 0.25) is 0 Å². The highest BCUT2D eigenvalue weighted by Gasteiger charge is 2.29. The molecule has 1 saturated heterocycles. The maximum atomic E-state index is 12.5. The van der Waals surface area contributed by atoms with Crippen LogP contribution < -0.4 is 0 Å². The molecule has 7 nitrogen and oxygen atoms in total. The predicted molar refractivity (Wildman–Crippen MR) is 79.3 cm³/mol. The van der Waals surface area contributed by atoms with E-state index < -0.39 is 0 Å². The Labute approximate surface area is 129 Å². The van der Waals surface area contributed by atoms with Crippen molar-refractivity contribution in [3.63, 3.8) is 0 Å². The largest absolute Gasteiger partial charge is 0.367 e. The minimum absolute atomic E-state index is 0.119. The van der Waals surface area contributed by atoms with E-state index in [0.29, 0.717) is 25.4 Å². The van der Waals surface area contributed by atoms with Crippen LogP contribution in [0.3, 0.4) is 0 Å². The summed E-state index contributed by atoms with van der Waals surface area (Å²) in [6.07, 6.45) is 4.86. The van der Waals surface area contributed by atoms with E-state index in [2.05, 4.69) is 15.0 Å². The summed E-state index contributed by atoms with van der Waals surface area (Å²) in [5.41, 5.74) is 2.09. The molecule has 0 radical (unpaired) electrons. The summed E-state index contributed by atoms with van der Waals surface area (Å²) in [4.78, 5) is 27.0. The van der Waals surface area contributed by atoms with E-state index in [9.17, 15) is 4.79 Å². The lowest BCUT2D eigenvalue weighted by Gasteiger charge is -2.32. The van der Waals surface area contributed by atoms with Gasteiger partial charge in [-0.05, 0) is 13.8 Å². The third kappa shape index (κ3) is 2.85. The van der Waals surface area contributed by atoms with Crippen LogP contribution in [-0.2, 0) is 11.8 Å². The molecule has 3 heterocycles. The van der Waals surface area contributed by atoms with Gasteiger partial charge in [-0.1, -0.05) is 0 Å². The molecule has 0 aromatic carbocycles. The zero-order valence-electron chi connectivity index (χ0n) is 13.0. The van der Waals surface area contributed by atoms with Crippen molar-refractivity contribution in [1.29, 1.82) is 0 Å². The summed E-state index contributed by atoms with van der Waals surface area (Å²) in [6.45, 7) is 5.29. The number of ether oxygens (including phenoxy) is 1. The Kier molecular flexibility index (Phi) is 3.89. The summed E-state index contributed by atoms with van der Waals surface area (Å²) < 4.78 is 7.72. The van der Waals surface area contributed by atoms with Gasteiger partial charge in [0.05, 0.1) is 30.7 Å². The van der Waals surface area contributed by atoms with Crippen LogP contribution in [0.4, 0.5) is 0 Å². The average molecular weight is 301 g/mol. The molecule has 2 aromatic heterocycles. The molecule has 0 unspecified atom stereocenters. The molecule has 0 aliphatic carbocycles. The van der Waals surface area contributed by atoms with E-state index >= 15 is 0 Å². The van der Waals surface area contributed by atoms with Gasteiger partial charge in [0.25, 0.3) is 5.91 Å². The van der Waals surface area contributed by atoms with Crippen LogP contribution in [0, 0.1) is 13.8 Å². The Hall–Kier alpha value is -2.28. The summed E-state index contributed by atoms with van der Waals surface area (Å²) in [5.74, 6) is 0.719. The lowest BCUT2D eigenvalue weighted by molar-refractivity contribution is -0.0281. The van der Waals surface area contributed by atoms with E-state index in [1.807, 2.05) is 31.7 Å². The second-order valence-electron chi connectivity index (χ2n) is 5.51. The number of carbonyl (C=O) groups is 1. The summed E-state index contributed by atoms with van der Waals surface area (Å²) >= 11 is 0. The standard InChI is InChI=1S/C15H19N5O2/c1-10-6-17-12(7-16-10)15(21)20-4-5-22-13(9-20)14-18-11(2)8-19(14)3/h6-8,13H,4-5,9H2,1-3H3/t13-/m0/s1. The first-order chi connectivity index (χ1) is 10.5. The number of aromatic nitrogens is 4. The van der Waals surface area contributed by atoms with Gasteiger partial charge in [-0.25, -0.2) is 9.97 Å². The van der Waals surface area contributed by atoms with Crippen LogP contribution >= 0.6 is 0 Å². The molecule has 1 aliphatic heterocycles. The SMILES string of the molecule is Cc1cnc(C(=O)N2CCO[C@H](c3nc(C)cn3C)C2)cn1. The second-order valence-corrected chi connectivity index (χ2v) is 5.51. The Balaban J connectivity index is 1.76. The topological polar surface area (TPSA) is 73.1 Å². The van der Waals surface area contributed by atoms with Crippen molar-refractivity contribution < 1.29 is 9.53 Å². The van der Waals surface area contributed by atoms with E-state index in [4.69, 9.17) is 4.74 Å². The van der Waals surface area contributed by atoms with Crippen LogP contribution in [0.1, 0.15) is 33.8 Å². The van der Waals surface area contributed by atoms with Crippen molar-refractivity contribution in [3.8, 4) is 0 Å². The molecule has 2 aromatic rings. The van der Waals surface area contributed by atoms with Crippen LogP contribution in [0.2, 0.25) is 0 Å². The highest BCUT2D eigenvalue weighted by molar-refractivity contribution is 5.92. The summed E-state index contributed by atoms with van der Waals surface area (Å²) in [5, 5.41) is 0. The molecule has 116 valence electrons. The van der Waals surface area contributed by atoms with Crippen molar-refractivity contribution >= 4 is 5.91 Å². The van der Waals surface area contributed by atoms with Crippen molar-refractivity contribution in [2.75, 3.05) is 19.7 Å². The Bertz CT molecular complexity index is 680. The quantitative estimate of drug-likeness (QED) is 0.828. The van der Waals surface area contributed by atoms with Gasteiger partial charge in [-0.15, -0.1) is 0 Å². The molecule has 1 atom stereocenters. The summed E-state index contributed by atoms with van der Waals surface area (Å²) in [7, 11) is 1.94. The van der Waals surface area contributed by atoms with E-state index in [1.165, 1.54) is 6.20 Å². The molecule has 0 N–H and O–H groups in total. The Morgan fingerprint density at radius 3 is 2.73 bits per heavy atom. The minimum Gasteiger partial charge on any atom is -0.367 e. The van der Waals surface area contributed by atoms with Gasteiger partial charge in [0.1, 0.15) is 17.6 Å². The van der Waals surface area contributed by atoms with Gasteiger partial charge in [0.15, 0.2) is 0 Å². The van der Waals surface area contributed by atoms with E-state index in [1.54, 1.807) is 11.1 Å². The van der Waals surface area contributed by atoms with Crippen LogP contribution in [0.5, 0.6) is 0 Å². The smallest absolute Gasteiger partial charge is 0.274 e. The molecule has 22 heavy (non-hydrogen) atoms. The first kappa shape index (κ1) is 14.6. The van der Waals surface area contributed by atoms with E-state index in [0.717, 1.165) is 17.2 Å². The third-order valence-corrected chi connectivity index (χ3v) is 3.67. The van der Waals surface area contributed by atoms with Crippen molar-refractivity contribution in [1.82, 2.24) is 24.4 Å². The fourth-order valence-electron chi connectivity index (χ4n) is 2.59. The van der Waals surface area contributed by atoms with E-state index in [-0.39, 0.29) is 12.0 Å². The maximum absolute atomic E-state index is 12.5. The maximum Gasteiger partial charge on any atom is 0.274 e. The first-order valence-corrected chi connectivity index (χ1v) is 7.24. The lowest BCUT2D eigenvalue weighted by Crippen LogP contribution is -2.43. The number of amides is 1. The molecular weight excluding hydrogens is 282 g/mol. The van der Waals surface area contributed by atoms with Gasteiger partial charge in [-0.3, -0.25) is 9.78 Å². The number of carbonyl (C=O) groups excluding carboxylic acids is 1. The molecule has 0 saturated carbocycles. The van der Waals surface area contributed by atoms with Gasteiger partial charge in [-0.2, -0.15) is 0 Å². The monoisotopic (exact) mass is 301 g/mol. The molecule has 7 heteroatoms. The highest BCUT2D eigenvalue weighted by atomic mass is 16.5. The Morgan fingerprint density at radius 1 is 1.27 bits per heavy atom. The van der Waals surface area contributed by atoms with Crippen molar-refractivity contribution in [3.05, 3.63) is 41.5 Å². The first-order valence-electron chi connectivity index (χ1n) is 7.24. The average Bonchev–Trinajstić information content (AvgIpc) is 2.86. The lowest BCUT2D eigenvalue weighted by atomic mass is 10.2. The number of morpholine rings is 1. The molecular formula is C15H19N5O2. The fourth-order valence-corrected chi connectivity index (χ4v) is 2.59. The van der Waals surface area contributed by atoms with Gasteiger partial charge < -0.3 is 14.2 Å². The number of aryl methyl sites for hydroxylation is 3. The van der Waals surface area contributed by atoms with Crippen LogP contribution in [0.25, 0.3) is 0 Å². The number of imidazole rings is 1. The summed E-state index contributed by atoms with van der Waals surface area (Å²) in [6, 6.07) is 0. The van der Waals surface area contributed by atoms with Crippen LogP contribution in [-0.4, -0.2) is 50.0 Å². The molecule has 1 aliphatic rings. The molecule has 0 bridgehead atoms. The number of hydrogen-bond donors (Lipinski definition) is 0. The molecule has 1 fully saturated rings. The molecule has 1 amide bonds. The highest BCUT2D eigenvalue weighted by Crippen LogP contribution is 2.22. The number of nitrogens with zero attached hydrogens (tertiary/aromatic N) is 5. The van der Waals surface area contributed by atoms with Gasteiger partial charge in [0, 0.05) is 26.0 Å². The second kappa shape index (κ2) is 5.84. The van der Waals surface area contributed by atoms with Crippen LogP contribution in [0.15, 0.2) is 18.6 Å². The van der Waals surface area contributed by atoms with Crippen molar-refractivity contribution in [2.45, 2.75) is 20.0 Å². The minimum atomic E-state index is -0.213. The predicted octanol–water partition coefficient (Wildman–Crippen LogP) is 1.04. The number of rotatable bonds is 2. The zero-order chi connectivity index (χ0) is 15.7. The van der Waals surface area contributed by atoms with Gasteiger partial charge >= 0.3 is 0 Å². The molecule has 3 rings (SSSR count). The third-order valence-electron chi connectivity index (χ3n) is 3.67. The van der Waals surface area contributed by atoms with Crippen molar-refractivity contribution in [2.24, 2.45) is 7.05 Å². The normalized spacial score (nSPS) is 18.5. The number of hydrogen-bond acceptors (Lipinski definition) is 5.